The van der Waals surface area contributed by atoms with Crippen molar-refractivity contribution in [1.82, 2.24) is 19.9 Å². The maximum atomic E-state index is 14.7. The van der Waals surface area contributed by atoms with Crippen LogP contribution in [0.25, 0.3) is 16.9 Å². The predicted molar refractivity (Wildman–Crippen MR) is 118 cm³/mol. The number of fused-ring (bicyclic) bond motifs is 1. The fraction of sp³-hybridized carbons (Fsp3) is 0.348. The van der Waals surface area contributed by atoms with Gasteiger partial charge in [-0.3, -0.25) is 23.9 Å². The van der Waals surface area contributed by atoms with Gasteiger partial charge in [-0.05, 0) is 30.9 Å². The molecule has 4 heterocycles. The van der Waals surface area contributed by atoms with Gasteiger partial charge in [0.05, 0.1) is 11.6 Å². The molecule has 1 aliphatic heterocycles. The first-order chi connectivity index (χ1) is 17.5. The fourth-order valence-electron chi connectivity index (χ4n) is 4.26. The Bertz CT molecular complexity index is 1490. The number of amides is 2. The number of pyridine rings is 3. The third-order valence-electron chi connectivity index (χ3n) is 6.28. The van der Waals surface area contributed by atoms with Crippen molar-refractivity contribution in [1.29, 1.82) is 0 Å². The third kappa shape index (κ3) is 4.52. The lowest BCUT2D eigenvalue weighted by Gasteiger charge is -2.22. The number of anilines is 1. The molecule has 5 rings (SSSR count). The van der Waals surface area contributed by atoms with Gasteiger partial charge >= 0.3 is 6.18 Å². The summed E-state index contributed by atoms with van der Waals surface area (Å²) in [4.78, 5) is 47.3. The largest absolute Gasteiger partial charge is 0.408 e. The molecule has 1 saturated heterocycles. The van der Waals surface area contributed by atoms with Gasteiger partial charge in [-0.1, -0.05) is 0 Å². The monoisotopic (exact) mass is 523 g/mol. The summed E-state index contributed by atoms with van der Waals surface area (Å²) in [7, 11) is 0. The lowest BCUT2D eigenvalue weighted by Crippen LogP contribution is -2.48. The van der Waals surface area contributed by atoms with Gasteiger partial charge in [0.15, 0.2) is 17.3 Å². The smallest absolute Gasteiger partial charge is 0.383 e. The molecular weight excluding hydrogens is 505 g/mol. The second-order valence-corrected chi connectivity index (χ2v) is 8.87. The van der Waals surface area contributed by atoms with Crippen LogP contribution in [0.2, 0.25) is 0 Å². The van der Waals surface area contributed by atoms with Crippen LogP contribution in [0.1, 0.15) is 29.6 Å². The van der Waals surface area contributed by atoms with E-state index in [1.165, 1.54) is 12.1 Å². The quantitative estimate of drug-likeness (QED) is 0.496. The van der Waals surface area contributed by atoms with Gasteiger partial charge in [-0.25, -0.2) is 18.7 Å². The minimum atomic E-state index is -4.75. The molecule has 1 saturated carbocycles. The second-order valence-electron chi connectivity index (χ2n) is 8.87. The van der Waals surface area contributed by atoms with Crippen molar-refractivity contribution in [3.63, 3.8) is 0 Å². The van der Waals surface area contributed by atoms with E-state index in [9.17, 15) is 41.4 Å². The normalized spacial score (nSPS) is 18.9. The molecule has 0 aromatic carbocycles. The summed E-state index contributed by atoms with van der Waals surface area (Å²) >= 11 is 0. The van der Waals surface area contributed by atoms with Gasteiger partial charge in [0.2, 0.25) is 5.43 Å². The average molecular weight is 523 g/mol. The zero-order chi connectivity index (χ0) is 26.6. The molecule has 2 N–H and O–H groups in total. The lowest BCUT2D eigenvalue weighted by molar-refractivity contribution is -0.158. The molecule has 1 aliphatic carbocycles. The van der Waals surface area contributed by atoms with Crippen molar-refractivity contribution in [3.8, 4) is 5.82 Å². The molecule has 2 amide bonds. The molecule has 0 spiro atoms. The van der Waals surface area contributed by atoms with Crippen molar-refractivity contribution >= 4 is 28.7 Å². The predicted octanol–water partition coefficient (Wildman–Crippen LogP) is 2.23. The standard InChI is InChI=1S/C23H18F5N5O4/c24-11-7-14(25)20(29-8-11)33-9-13(21(36)31-18(10-1-2-10)23(26,27)28)17(35)12-3-4-16(30-19(12)33)32-6-5-15(34)22(32)37/h3-4,7-10,15,18,34H,1-2,5-6H2,(H,31,36)/t15-,18?/m0/s1. The van der Waals surface area contributed by atoms with Crippen LogP contribution in [0, 0.1) is 17.6 Å². The van der Waals surface area contributed by atoms with Gasteiger partial charge in [0.1, 0.15) is 29.3 Å². The van der Waals surface area contributed by atoms with Crippen molar-refractivity contribution in [2.45, 2.75) is 37.6 Å². The summed E-state index contributed by atoms with van der Waals surface area (Å²) in [6, 6.07) is 0.748. The minimum Gasteiger partial charge on any atom is -0.383 e. The first-order valence-electron chi connectivity index (χ1n) is 11.2. The van der Waals surface area contributed by atoms with Crippen LogP contribution >= 0.6 is 0 Å². The summed E-state index contributed by atoms with van der Waals surface area (Å²) in [6.07, 6.45) is -3.92. The summed E-state index contributed by atoms with van der Waals surface area (Å²) in [5.74, 6) is -5.63. The number of aliphatic hydroxyl groups is 1. The van der Waals surface area contributed by atoms with E-state index in [1.54, 1.807) is 0 Å². The highest BCUT2D eigenvalue weighted by Crippen LogP contribution is 2.40. The number of carbonyl (C=O) groups is 2. The maximum absolute atomic E-state index is 14.7. The van der Waals surface area contributed by atoms with Crippen LogP contribution in [0.4, 0.5) is 27.8 Å². The molecule has 9 nitrogen and oxygen atoms in total. The topological polar surface area (TPSA) is 117 Å². The van der Waals surface area contributed by atoms with Gasteiger partial charge in [-0.15, -0.1) is 0 Å². The number of carbonyl (C=O) groups excluding carboxylic acids is 2. The SMILES string of the molecule is O=C(NC(C1CC1)C(F)(F)F)c1cn(-c2ncc(F)cc2F)c2nc(N3CC[C@H](O)C3=O)ccc2c1=O. The fourth-order valence-corrected chi connectivity index (χ4v) is 4.26. The van der Waals surface area contributed by atoms with Crippen LogP contribution in [0.15, 0.2) is 35.4 Å². The second kappa shape index (κ2) is 8.87. The first kappa shape index (κ1) is 24.7. The Hall–Kier alpha value is -3.94. The Balaban J connectivity index is 1.67. The average Bonchev–Trinajstić information content (AvgIpc) is 3.61. The van der Waals surface area contributed by atoms with Crippen LogP contribution < -0.4 is 15.6 Å². The zero-order valence-electron chi connectivity index (χ0n) is 18.8. The number of halogens is 5. The number of hydrogen-bond acceptors (Lipinski definition) is 6. The number of nitrogens with one attached hydrogen (secondary N) is 1. The van der Waals surface area contributed by atoms with Crippen LogP contribution in [-0.4, -0.2) is 56.3 Å². The molecule has 0 bridgehead atoms. The molecule has 1 unspecified atom stereocenters. The van der Waals surface area contributed by atoms with Crippen LogP contribution in [0.5, 0.6) is 0 Å². The van der Waals surface area contributed by atoms with Gasteiger partial charge in [-0.2, -0.15) is 13.2 Å². The molecule has 194 valence electrons. The molecular formula is C23H18F5N5O4. The Kier molecular flexibility index (Phi) is 5.93. The highest BCUT2D eigenvalue weighted by Gasteiger charge is 2.50. The number of rotatable bonds is 5. The first-order valence-corrected chi connectivity index (χ1v) is 11.2. The summed E-state index contributed by atoms with van der Waals surface area (Å²) in [5.41, 5.74) is -2.02. The van der Waals surface area contributed by atoms with Gasteiger partial charge in [0.25, 0.3) is 11.8 Å². The molecule has 14 heteroatoms. The van der Waals surface area contributed by atoms with Gasteiger partial charge in [0, 0.05) is 25.2 Å². The molecule has 0 radical (unpaired) electrons. The molecule has 2 aliphatic rings. The number of aromatic nitrogens is 3. The number of nitrogens with zero attached hydrogens (tertiary/aromatic N) is 4. The number of aliphatic hydroxyl groups excluding tert-OH is 1. The van der Waals surface area contributed by atoms with Crippen molar-refractivity contribution < 1.29 is 36.6 Å². The summed E-state index contributed by atoms with van der Waals surface area (Å²) in [5, 5.41) is 11.3. The van der Waals surface area contributed by atoms with E-state index in [0.29, 0.717) is 12.3 Å². The van der Waals surface area contributed by atoms with E-state index in [2.05, 4.69) is 9.97 Å². The molecule has 37 heavy (non-hydrogen) atoms. The van der Waals surface area contributed by atoms with E-state index in [1.807, 2.05) is 5.32 Å². The summed E-state index contributed by atoms with van der Waals surface area (Å²) in [6.45, 7) is 0.104. The van der Waals surface area contributed by atoms with Crippen molar-refractivity contribution in [2.24, 2.45) is 5.92 Å². The number of alkyl halides is 3. The zero-order valence-corrected chi connectivity index (χ0v) is 18.8. The third-order valence-corrected chi connectivity index (χ3v) is 6.28. The molecule has 2 fully saturated rings. The Morgan fingerprint density at radius 3 is 2.49 bits per heavy atom. The number of hydrogen-bond donors (Lipinski definition) is 2. The minimum absolute atomic E-state index is 0.00668. The Morgan fingerprint density at radius 1 is 1.16 bits per heavy atom. The van der Waals surface area contributed by atoms with E-state index < -0.39 is 64.5 Å². The van der Waals surface area contributed by atoms with Crippen LogP contribution in [0.3, 0.4) is 0 Å². The van der Waals surface area contributed by atoms with E-state index in [-0.39, 0.29) is 42.7 Å². The molecule has 3 aromatic heterocycles. The van der Waals surface area contributed by atoms with Crippen molar-refractivity contribution in [3.05, 3.63) is 58.0 Å². The van der Waals surface area contributed by atoms with E-state index in [0.717, 1.165) is 15.7 Å². The molecule has 2 atom stereocenters. The van der Waals surface area contributed by atoms with Crippen LogP contribution in [-0.2, 0) is 4.79 Å². The lowest BCUT2D eigenvalue weighted by atomic mass is 10.1. The van der Waals surface area contributed by atoms with Gasteiger partial charge < -0.3 is 10.4 Å². The highest BCUT2D eigenvalue weighted by molar-refractivity contribution is 6.00. The maximum Gasteiger partial charge on any atom is 0.408 e. The Morgan fingerprint density at radius 2 is 1.89 bits per heavy atom. The highest BCUT2D eigenvalue weighted by atomic mass is 19.4. The molecule has 3 aromatic rings. The van der Waals surface area contributed by atoms with E-state index >= 15 is 0 Å². The summed E-state index contributed by atoms with van der Waals surface area (Å²) < 4.78 is 69.5. The van der Waals surface area contributed by atoms with E-state index in [4.69, 9.17) is 0 Å². The Labute approximate surface area is 204 Å². The van der Waals surface area contributed by atoms with Crippen molar-refractivity contribution in [2.75, 3.05) is 11.4 Å².